The van der Waals surface area contributed by atoms with Crippen LogP contribution in [0.2, 0.25) is 0 Å². The van der Waals surface area contributed by atoms with E-state index in [4.69, 9.17) is 17.7 Å². The summed E-state index contributed by atoms with van der Waals surface area (Å²) < 4.78 is 25.9. The van der Waals surface area contributed by atoms with E-state index in [-0.39, 0.29) is 0 Å². The van der Waals surface area contributed by atoms with Crippen molar-refractivity contribution in [2.75, 3.05) is 9.80 Å². The molecule has 22 rings (SSSR count). The highest BCUT2D eigenvalue weighted by Gasteiger charge is 2.23. The van der Waals surface area contributed by atoms with Crippen LogP contribution in [-0.2, 0) is 0 Å². The van der Waals surface area contributed by atoms with Gasteiger partial charge in [0.25, 0.3) is 0 Å². The van der Waals surface area contributed by atoms with Gasteiger partial charge in [-0.2, -0.15) is 0 Å². The van der Waals surface area contributed by atoms with Crippen molar-refractivity contribution < 1.29 is 17.7 Å². The molecule has 0 bridgehead atoms. The monoisotopic (exact) mass is 1460 g/mol. The molecule has 0 unspecified atom stereocenters. The zero-order chi connectivity index (χ0) is 75.2. The van der Waals surface area contributed by atoms with Crippen molar-refractivity contribution in [1.82, 2.24) is 0 Å². The molecule has 6 heteroatoms. The Labute approximate surface area is 657 Å². The molecule has 4 heterocycles. The lowest BCUT2D eigenvalue weighted by molar-refractivity contribution is 0.668. The maximum absolute atomic E-state index is 6.98. The summed E-state index contributed by atoms with van der Waals surface area (Å²) in [6, 6.07) is 148. The summed E-state index contributed by atoms with van der Waals surface area (Å²) in [6.45, 7) is 0. The summed E-state index contributed by atoms with van der Waals surface area (Å²) in [5.74, 6) is 0. The number of furan rings is 4. The molecule has 0 aliphatic carbocycles. The van der Waals surface area contributed by atoms with E-state index in [1.165, 1.54) is 11.1 Å². The Morgan fingerprint density at radius 1 is 0.140 bits per heavy atom. The van der Waals surface area contributed by atoms with Crippen molar-refractivity contribution in [2.45, 2.75) is 0 Å². The highest BCUT2D eigenvalue weighted by Crippen LogP contribution is 2.47. The number of hydrogen-bond acceptors (Lipinski definition) is 6. The predicted molar refractivity (Wildman–Crippen MR) is 474 cm³/mol. The lowest BCUT2D eigenvalue weighted by atomic mass is 9.92. The first-order chi connectivity index (χ1) is 56.4. The second-order valence-corrected chi connectivity index (χ2v) is 29.4. The molecule has 22 aromatic rings. The second-order valence-electron chi connectivity index (χ2n) is 29.4. The van der Waals surface area contributed by atoms with E-state index in [1.807, 2.05) is 36.4 Å². The zero-order valence-electron chi connectivity index (χ0n) is 61.8. The van der Waals surface area contributed by atoms with Gasteiger partial charge < -0.3 is 27.5 Å². The van der Waals surface area contributed by atoms with Gasteiger partial charge in [0.15, 0.2) is 0 Å². The van der Waals surface area contributed by atoms with Crippen LogP contribution < -0.4 is 9.80 Å². The first-order valence-electron chi connectivity index (χ1n) is 38.7. The molecule has 4 aromatic heterocycles. The quantitative estimate of drug-likeness (QED) is 0.102. The van der Waals surface area contributed by atoms with E-state index in [9.17, 15) is 0 Å². The molecule has 0 aliphatic rings. The van der Waals surface area contributed by atoms with Crippen LogP contribution in [0.15, 0.2) is 430 Å². The number of fused-ring (bicyclic) bond motifs is 12. The third-order valence-corrected chi connectivity index (χ3v) is 22.8. The third kappa shape index (κ3) is 11.7. The van der Waals surface area contributed by atoms with Gasteiger partial charge in [-0.15, -0.1) is 0 Å². The molecular formula is C108H68N2O4. The van der Waals surface area contributed by atoms with Gasteiger partial charge >= 0.3 is 0 Å². The number of hydrogen-bond donors (Lipinski definition) is 0. The summed E-state index contributed by atoms with van der Waals surface area (Å²) in [5, 5.41) is 8.84. The van der Waals surface area contributed by atoms with Crippen LogP contribution in [0, 0.1) is 0 Å². The van der Waals surface area contributed by atoms with Crippen LogP contribution in [0.25, 0.3) is 188 Å². The fourth-order valence-electron chi connectivity index (χ4n) is 17.0. The number of benzene rings is 18. The third-order valence-electron chi connectivity index (χ3n) is 22.8. The molecule has 6 nitrogen and oxygen atoms in total. The number of para-hydroxylation sites is 5. The summed E-state index contributed by atoms with van der Waals surface area (Å²) in [4.78, 5) is 4.68. The fraction of sp³-hybridized carbons (Fsp3) is 0. The van der Waals surface area contributed by atoms with Gasteiger partial charge in [-0.1, -0.05) is 273 Å². The Morgan fingerprint density at radius 3 is 0.868 bits per heavy atom. The predicted octanol–water partition coefficient (Wildman–Crippen LogP) is 31.2. The van der Waals surface area contributed by atoms with Crippen LogP contribution in [0.5, 0.6) is 0 Å². The van der Waals surface area contributed by atoms with E-state index in [2.05, 4.69) is 386 Å². The summed E-state index contributed by atoms with van der Waals surface area (Å²) >= 11 is 0. The van der Waals surface area contributed by atoms with Gasteiger partial charge in [-0.05, 0) is 229 Å². The highest BCUT2D eigenvalue weighted by molar-refractivity contribution is 6.17. The van der Waals surface area contributed by atoms with E-state index >= 15 is 0 Å². The van der Waals surface area contributed by atoms with E-state index in [0.717, 1.165) is 211 Å². The smallest absolute Gasteiger partial charge is 0.143 e. The number of nitrogens with zero attached hydrogens (tertiary/aromatic N) is 2. The molecule has 0 aliphatic heterocycles. The standard InChI is InChI=1S/C108H68N2O4/c1-2-15-69(16-3-1)78-17-12-18-79(65-78)73-37-51-85(52-38-73)110(88-57-43-76(44-58-88)91-25-14-26-96-93-21-4-10-29-102(93)113-107(91)96)89-59-45-77(46-60-89)92-62-61-90(106-97-24-7-11-30-103(97)114-108(92)106)83-20-13-19-80(66-83)72-33-31-70(32-34-72)71-35-49-84(50-36-71)109(86-53-39-74(40-54-86)81-47-63-104-98(67-81)94-22-5-8-27-100(94)111-104)87-55-41-75(42-56-87)82-48-64-105-99(68-82)95-23-6-9-28-101(95)112-105/h1-68H. The number of rotatable bonds is 15. The van der Waals surface area contributed by atoms with Crippen molar-refractivity contribution in [2.24, 2.45) is 0 Å². The van der Waals surface area contributed by atoms with Crippen molar-refractivity contribution in [3.63, 3.8) is 0 Å². The van der Waals surface area contributed by atoms with Crippen molar-refractivity contribution in [1.29, 1.82) is 0 Å². The lowest BCUT2D eigenvalue weighted by Crippen LogP contribution is -2.09. The molecule has 114 heavy (non-hydrogen) atoms. The first kappa shape index (κ1) is 65.8. The minimum Gasteiger partial charge on any atom is -0.456 e. The molecule has 0 saturated carbocycles. The fourth-order valence-corrected chi connectivity index (χ4v) is 17.0. The Morgan fingerprint density at radius 2 is 0.412 bits per heavy atom. The van der Waals surface area contributed by atoms with Crippen LogP contribution in [-0.4, -0.2) is 0 Å². The lowest BCUT2D eigenvalue weighted by Gasteiger charge is -2.26. The largest absolute Gasteiger partial charge is 0.456 e. The van der Waals surface area contributed by atoms with Crippen molar-refractivity contribution in [3.8, 4) is 100 Å². The molecule has 534 valence electrons. The van der Waals surface area contributed by atoms with Gasteiger partial charge in [0.1, 0.15) is 44.7 Å². The zero-order valence-corrected chi connectivity index (χ0v) is 61.8. The Balaban J connectivity index is 0.558. The maximum Gasteiger partial charge on any atom is 0.143 e. The highest BCUT2D eigenvalue weighted by atomic mass is 16.3. The molecule has 0 saturated heterocycles. The molecule has 18 aromatic carbocycles. The van der Waals surface area contributed by atoms with Gasteiger partial charge in [0, 0.05) is 88.3 Å². The van der Waals surface area contributed by atoms with Gasteiger partial charge in [-0.3, -0.25) is 0 Å². The average molecular weight is 1460 g/mol. The Hall–Kier alpha value is -15.2. The van der Waals surface area contributed by atoms with E-state index < -0.39 is 0 Å². The average Bonchev–Trinajstić information content (AvgIpc) is 1.67. The van der Waals surface area contributed by atoms with Crippen LogP contribution >= 0.6 is 0 Å². The molecule has 0 spiro atoms. The Kier molecular flexibility index (Phi) is 15.8. The summed E-state index contributed by atoms with van der Waals surface area (Å²) in [6.07, 6.45) is 0. The summed E-state index contributed by atoms with van der Waals surface area (Å²) in [5.41, 5.74) is 33.4. The van der Waals surface area contributed by atoms with Crippen LogP contribution in [0.4, 0.5) is 34.1 Å². The minimum absolute atomic E-state index is 0.846. The van der Waals surface area contributed by atoms with Crippen LogP contribution in [0.1, 0.15) is 0 Å². The number of anilines is 6. The maximum atomic E-state index is 6.98. The normalized spacial score (nSPS) is 11.7. The SMILES string of the molecule is c1ccc(-c2cccc(-c3ccc(N(c4ccc(-c5cccc6c5oc5ccccc56)cc4)c4ccc(-c5ccc(-c6cccc(-c7ccc(-c8ccc(N(c9ccc(-c%10ccc%11oc%12ccccc%12c%11c%10)cc9)c9ccc(-c%10ccc%11oc%12ccccc%12c%11c%10)cc9)cc8)cc7)c6)c6c5oc5ccccc56)cc4)cc3)c2)cc1. The topological polar surface area (TPSA) is 59.0 Å². The van der Waals surface area contributed by atoms with Gasteiger partial charge in [-0.25, -0.2) is 0 Å². The van der Waals surface area contributed by atoms with Crippen molar-refractivity contribution >= 4 is 122 Å². The van der Waals surface area contributed by atoms with E-state index in [1.54, 1.807) is 0 Å². The molecule has 0 fully saturated rings. The van der Waals surface area contributed by atoms with E-state index in [0.29, 0.717) is 0 Å². The molecule has 0 atom stereocenters. The Bertz CT molecular complexity index is 7260. The van der Waals surface area contributed by atoms with Gasteiger partial charge in [0.2, 0.25) is 0 Å². The van der Waals surface area contributed by atoms with Gasteiger partial charge in [0.05, 0.1) is 0 Å². The van der Waals surface area contributed by atoms with Crippen molar-refractivity contribution in [3.05, 3.63) is 413 Å². The summed E-state index contributed by atoms with van der Waals surface area (Å²) in [7, 11) is 0. The second kappa shape index (κ2) is 27.4. The molecule has 0 N–H and O–H groups in total. The van der Waals surface area contributed by atoms with Crippen LogP contribution in [0.3, 0.4) is 0 Å². The molecule has 0 amide bonds. The minimum atomic E-state index is 0.846. The molecular weight excluding hydrogens is 1390 g/mol. The first-order valence-corrected chi connectivity index (χ1v) is 38.7. The molecule has 0 radical (unpaired) electrons.